The summed E-state index contributed by atoms with van der Waals surface area (Å²) >= 11 is 0. The fraction of sp³-hybridized carbons (Fsp3) is 0.923. The van der Waals surface area contributed by atoms with Crippen LogP contribution >= 0.6 is 0 Å². The van der Waals surface area contributed by atoms with Crippen LogP contribution in [0.5, 0.6) is 0 Å². The van der Waals surface area contributed by atoms with Crippen molar-refractivity contribution < 1.29 is 9.90 Å². The average molecular weight is 227 g/mol. The van der Waals surface area contributed by atoms with E-state index >= 15 is 0 Å². The molecule has 0 amide bonds. The molecule has 94 valence electrons. The van der Waals surface area contributed by atoms with Crippen LogP contribution in [-0.2, 0) is 4.79 Å². The molecule has 3 unspecified atom stereocenters. The van der Waals surface area contributed by atoms with E-state index in [1.807, 2.05) is 0 Å². The minimum atomic E-state index is -0.696. The van der Waals surface area contributed by atoms with E-state index in [-0.39, 0.29) is 17.9 Å². The highest BCUT2D eigenvalue weighted by Crippen LogP contribution is 2.42. The van der Waals surface area contributed by atoms with Crippen LogP contribution in [0.2, 0.25) is 0 Å². The summed E-state index contributed by atoms with van der Waals surface area (Å²) in [6.07, 6.45) is 6.56. The number of aliphatic carboxylic acids is 1. The Hall–Kier alpha value is -0.570. The Balaban J connectivity index is 2.80. The number of rotatable bonds is 4. The van der Waals surface area contributed by atoms with Crippen LogP contribution in [0.1, 0.15) is 58.8 Å². The number of carboxylic acid groups (broad SMARTS) is 1. The van der Waals surface area contributed by atoms with Gasteiger partial charge >= 0.3 is 5.97 Å². The molecule has 16 heavy (non-hydrogen) atoms. The molecule has 0 radical (unpaired) electrons. The van der Waals surface area contributed by atoms with Crippen LogP contribution in [0.4, 0.5) is 0 Å². The molecule has 0 spiro atoms. The summed E-state index contributed by atoms with van der Waals surface area (Å²) < 4.78 is 0. The molecule has 1 saturated carbocycles. The molecule has 0 heterocycles. The van der Waals surface area contributed by atoms with E-state index in [1.165, 1.54) is 6.42 Å². The zero-order chi connectivity index (χ0) is 12.2. The van der Waals surface area contributed by atoms with Gasteiger partial charge in [0.15, 0.2) is 0 Å². The van der Waals surface area contributed by atoms with Crippen molar-refractivity contribution in [3.8, 4) is 0 Å². The first-order valence-corrected chi connectivity index (χ1v) is 6.47. The van der Waals surface area contributed by atoms with E-state index in [0.717, 1.165) is 38.0 Å². The van der Waals surface area contributed by atoms with Crippen molar-refractivity contribution in [1.29, 1.82) is 0 Å². The van der Waals surface area contributed by atoms with Crippen molar-refractivity contribution in [1.82, 2.24) is 0 Å². The number of hydrogen-bond acceptors (Lipinski definition) is 2. The topological polar surface area (TPSA) is 63.3 Å². The third-order valence-corrected chi connectivity index (χ3v) is 4.24. The van der Waals surface area contributed by atoms with Gasteiger partial charge in [-0.1, -0.05) is 33.1 Å². The van der Waals surface area contributed by atoms with Crippen LogP contribution in [0.25, 0.3) is 0 Å². The van der Waals surface area contributed by atoms with Gasteiger partial charge in [-0.2, -0.15) is 0 Å². The lowest BCUT2D eigenvalue weighted by Crippen LogP contribution is -2.42. The molecule has 1 fully saturated rings. The third kappa shape index (κ3) is 3.21. The molecular formula is C13H25NO2. The fourth-order valence-electron chi connectivity index (χ4n) is 3.02. The number of carboxylic acids is 1. The Morgan fingerprint density at radius 1 is 1.50 bits per heavy atom. The summed E-state index contributed by atoms with van der Waals surface area (Å²) in [5, 5.41) is 9.08. The van der Waals surface area contributed by atoms with E-state index in [0.29, 0.717) is 0 Å². The first kappa shape index (κ1) is 13.5. The minimum Gasteiger partial charge on any atom is -0.481 e. The minimum absolute atomic E-state index is 0.0360. The SMILES string of the molecule is CCC(N)C1(CC(=O)O)CCCC(C)CC1. The largest absolute Gasteiger partial charge is 0.481 e. The number of hydrogen-bond donors (Lipinski definition) is 2. The van der Waals surface area contributed by atoms with Gasteiger partial charge < -0.3 is 10.8 Å². The van der Waals surface area contributed by atoms with Gasteiger partial charge in [-0.25, -0.2) is 0 Å². The van der Waals surface area contributed by atoms with E-state index in [1.54, 1.807) is 0 Å². The summed E-state index contributed by atoms with van der Waals surface area (Å²) in [5.74, 6) is 0.0261. The van der Waals surface area contributed by atoms with Gasteiger partial charge in [0.1, 0.15) is 0 Å². The highest BCUT2D eigenvalue weighted by Gasteiger charge is 2.38. The lowest BCUT2D eigenvalue weighted by Gasteiger charge is -2.37. The maximum Gasteiger partial charge on any atom is 0.303 e. The van der Waals surface area contributed by atoms with Crippen LogP contribution in [0, 0.1) is 11.3 Å². The zero-order valence-electron chi connectivity index (χ0n) is 10.5. The normalized spacial score (nSPS) is 33.1. The monoisotopic (exact) mass is 227 g/mol. The van der Waals surface area contributed by atoms with E-state index < -0.39 is 5.97 Å². The number of nitrogens with two attached hydrogens (primary N) is 1. The molecule has 0 aromatic carbocycles. The van der Waals surface area contributed by atoms with Crippen molar-refractivity contribution in [2.75, 3.05) is 0 Å². The van der Waals surface area contributed by atoms with Gasteiger partial charge in [0.2, 0.25) is 0 Å². The van der Waals surface area contributed by atoms with Crippen molar-refractivity contribution in [3.63, 3.8) is 0 Å². The molecule has 0 aromatic rings. The van der Waals surface area contributed by atoms with Gasteiger partial charge in [0.25, 0.3) is 0 Å². The smallest absolute Gasteiger partial charge is 0.303 e. The Morgan fingerprint density at radius 2 is 2.19 bits per heavy atom. The maximum absolute atomic E-state index is 11.0. The van der Waals surface area contributed by atoms with Crippen LogP contribution < -0.4 is 5.73 Å². The van der Waals surface area contributed by atoms with Crippen LogP contribution in [0.15, 0.2) is 0 Å². The van der Waals surface area contributed by atoms with E-state index in [2.05, 4.69) is 13.8 Å². The third-order valence-electron chi connectivity index (χ3n) is 4.24. The van der Waals surface area contributed by atoms with Crippen LogP contribution in [-0.4, -0.2) is 17.1 Å². The fourth-order valence-corrected chi connectivity index (χ4v) is 3.02. The molecule has 1 rings (SSSR count). The van der Waals surface area contributed by atoms with Gasteiger partial charge in [-0.3, -0.25) is 4.79 Å². The summed E-state index contributed by atoms with van der Waals surface area (Å²) in [6.45, 7) is 4.32. The van der Waals surface area contributed by atoms with Gasteiger partial charge in [-0.05, 0) is 30.6 Å². The molecule has 1 aliphatic rings. The lowest BCUT2D eigenvalue weighted by molar-refractivity contribution is -0.140. The predicted molar refractivity (Wildman–Crippen MR) is 65.2 cm³/mol. The molecule has 0 bridgehead atoms. The second-order valence-electron chi connectivity index (χ2n) is 5.48. The molecule has 3 heteroatoms. The molecule has 3 N–H and O–H groups in total. The second kappa shape index (κ2) is 5.67. The van der Waals surface area contributed by atoms with Crippen molar-refractivity contribution >= 4 is 5.97 Å². The number of carbonyl (C=O) groups is 1. The Labute approximate surface area is 98.4 Å². The maximum atomic E-state index is 11.0. The Bertz CT molecular complexity index is 242. The summed E-state index contributed by atoms with van der Waals surface area (Å²) in [6, 6.07) is 0.0360. The first-order valence-electron chi connectivity index (χ1n) is 6.47. The molecule has 3 nitrogen and oxygen atoms in total. The van der Waals surface area contributed by atoms with Gasteiger partial charge in [0.05, 0.1) is 6.42 Å². The molecular weight excluding hydrogens is 202 g/mol. The van der Waals surface area contributed by atoms with E-state index in [9.17, 15) is 4.79 Å². The van der Waals surface area contributed by atoms with Crippen molar-refractivity contribution in [2.45, 2.75) is 64.8 Å². The zero-order valence-corrected chi connectivity index (χ0v) is 10.5. The van der Waals surface area contributed by atoms with Gasteiger partial charge in [0, 0.05) is 6.04 Å². The highest BCUT2D eigenvalue weighted by molar-refractivity contribution is 5.67. The van der Waals surface area contributed by atoms with E-state index in [4.69, 9.17) is 10.8 Å². The summed E-state index contributed by atoms with van der Waals surface area (Å²) in [5.41, 5.74) is 6.04. The molecule has 1 aliphatic carbocycles. The van der Waals surface area contributed by atoms with Crippen molar-refractivity contribution in [3.05, 3.63) is 0 Å². The molecule has 0 saturated heterocycles. The second-order valence-corrected chi connectivity index (χ2v) is 5.48. The standard InChI is InChI=1S/C13H25NO2/c1-3-11(14)13(9-12(15)16)7-4-5-10(2)6-8-13/h10-11H,3-9,14H2,1-2H3,(H,15,16). The quantitative estimate of drug-likeness (QED) is 0.726. The summed E-state index contributed by atoms with van der Waals surface area (Å²) in [7, 11) is 0. The molecule has 0 aromatic heterocycles. The highest BCUT2D eigenvalue weighted by atomic mass is 16.4. The van der Waals surface area contributed by atoms with Crippen molar-refractivity contribution in [2.24, 2.45) is 17.1 Å². The Kier molecular flexibility index (Phi) is 4.78. The summed E-state index contributed by atoms with van der Waals surface area (Å²) in [4.78, 5) is 11.0. The average Bonchev–Trinajstić information content (AvgIpc) is 2.40. The first-order chi connectivity index (χ1) is 7.50. The lowest BCUT2D eigenvalue weighted by atomic mass is 9.70. The molecule has 3 atom stereocenters. The van der Waals surface area contributed by atoms with Gasteiger partial charge in [-0.15, -0.1) is 0 Å². The molecule has 0 aliphatic heterocycles. The van der Waals surface area contributed by atoms with Crippen LogP contribution in [0.3, 0.4) is 0 Å². The predicted octanol–water partition coefficient (Wildman–Crippen LogP) is 2.79. The Morgan fingerprint density at radius 3 is 2.75 bits per heavy atom.